The van der Waals surface area contributed by atoms with E-state index in [0.29, 0.717) is 0 Å². The Hall–Kier alpha value is -2.04. The van der Waals surface area contributed by atoms with Gasteiger partial charge in [-0.2, -0.15) is 0 Å². The summed E-state index contributed by atoms with van der Waals surface area (Å²) in [7, 11) is 1.57. The van der Waals surface area contributed by atoms with Crippen molar-refractivity contribution in [2.24, 2.45) is 0 Å². The Kier molecular flexibility index (Phi) is 4.71. The summed E-state index contributed by atoms with van der Waals surface area (Å²) in [5, 5.41) is 8.95. The quantitative estimate of drug-likeness (QED) is 0.861. The van der Waals surface area contributed by atoms with Crippen LogP contribution in [0.2, 0.25) is 0 Å². The summed E-state index contributed by atoms with van der Waals surface area (Å²) in [6.45, 7) is 3.13. The van der Waals surface area contributed by atoms with Gasteiger partial charge in [0.1, 0.15) is 11.8 Å². The predicted octanol–water partition coefficient (Wildman–Crippen LogP) is 1.52. The fourth-order valence-corrected chi connectivity index (χ4v) is 1.58. The van der Waals surface area contributed by atoms with Gasteiger partial charge in [0.05, 0.1) is 7.11 Å². The van der Waals surface area contributed by atoms with Crippen LogP contribution in [0.3, 0.4) is 0 Å². The third kappa shape index (κ3) is 3.48. The van der Waals surface area contributed by atoms with Crippen LogP contribution in [-0.2, 0) is 16.1 Å². The highest BCUT2D eigenvalue weighted by molar-refractivity contribution is 5.81. The molecule has 1 atom stereocenters. The second kappa shape index (κ2) is 6.05. The van der Waals surface area contributed by atoms with Crippen molar-refractivity contribution in [2.45, 2.75) is 26.4 Å². The Balaban J connectivity index is 2.83. The third-order valence-corrected chi connectivity index (χ3v) is 2.74. The topological polar surface area (TPSA) is 66.8 Å². The van der Waals surface area contributed by atoms with Crippen LogP contribution in [0.5, 0.6) is 5.75 Å². The van der Waals surface area contributed by atoms with Crippen molar-refractivity contribution in [1.82, 2.24) is 4.90 Å². The summed E-state index contributed by atoms with van der Waals surface area (Å²) in [4.78, 5) is 23.7. The molecule has 1 N–H and O–H groups in total. The number of aliphatic carboxylic acids is 1. The van der Waals surface area contributed by atoms with Gasteiger partial charge >= 0.3 is 5.97 Å². The van der Waals surface area contributed by atoms with Gasteiger partial charge in [-0.25, -0.2) is 4.79 Å². The summed E-state index contributed by atoms with van der Waals surface area (Å²) in [6, 6.07) is 6.33. The monoisotopic (exact) mass is 251 g/mol. The minimum absolute atomic E-state index is 0.263. The number of ether oxygens (including phenoxy) is 1. The van der Waals surface area contributed by atoms with Gasteiger partial charge in [0, 0.05) is 13.5 Å². The van der Waals surface area contributed by atoms with E-state index in [0.717, 1.165) is 11.3 Å². The third-order valence-electron chi connectivity index (χ3n) is 2.74. The minimum atomic E-state index is -1.02. The van der Waals surface area contributed by atoms with Gasteiger partial charge in [-0.15, -0.1) is 0 Å². The van der Waals surface area contributed by atoms with E-state index in [1.165, 1.54) is 18.7 Å². The van der Waals surface area contributed by atoms with E-state index in [-0.39, 0.29) is 12.5 Å². The van der Waals surface area contributed by atoms with Crippen molar-refractivity contribution in [1.29, 1.82) is 0 Å². The van der Waals surface area contributed by atoms with Crippen LogP contribution in [0, 0.1) is 0 Å². The number of amides is 1. The first-order valence-electron chi connectivity index (χ1n) is 5.58. The Morgan fingerprint density at radius 3 is 2.28 bits per heavy atom. The lowest BCUT2D eigenvalue weighted by atomic mass is 10.1. The molecule has 5 heteroatoms. The molecular formula is C13H17NO4. The SMILES string of the molecule is COc1ccc(CN(C(C)=O)C(C)C(=O)O)cc1. The molecule has 0 saturated carbocycles. The second-order valence-electron chi connectivity index (χ2n) is 4.01. The normalized spacial score (nSPS) is 11.7. The average molecular weight is 251 g/mol. The van der Waals surface area contributed by atoms with Crippen molar-refractivity contribution >= 4 is 11.9 Å². The van der Waals surface area contributed by atoms with E-state index in [2.05, 4.69) is 0 Å². The molecule has 18 heavy (non-hydrogen) atoms. The lowest BCUT2D eigenvalue weighted by Crippen LogP contribution is -2.41. The molecule has 0 spiro atoms. The Labute approximate surface area is 106 Å². The van der Waals surface area contributed by atoms with E-state index in [9.17, 15) is 9.59 Å². The molecule has 0 radical (unpaired) electrons. The predicted molar refractivity (Wildman–Crippen MR) is 66.3 cm³/mol. The second-order valence-corrected chi connectivity index (χ2v) is 4.01. The summed E-state index contributed by atoms with van der Waals surface area (Å²) in [5.41, 5.74) is 0.860. The highest BCUT2D eigenvalue weighted by Gasteiger charge is 2.22. The van der Waals surface area contributed by atoms with Crippen LogP contribution in [-0.4, -0.2) is 35.0 Å². The number of nitrogens with zero attached hydrogens (tertiary/aromatic N) is 1. The molecule has 0 aliphatic carbocycles. The van der Waals surface area contributed by atoms with E-state index in [4.69, 9.17) is 9.84 Å². The number of carbonyl (C=O) groups excluding carboxylic acids is 1. The molecule has 1 rings (SSSR count). The van der Waals surface area contributed by atoms with Gasteiger partial charge < -0.3 is 14.7 Å². The minimum Gasteiger partial charge on any atom is -0.497 e. The van der Waals surface area contributed by atoms with Crippen molar-refractivity contribution in [3.8, 4) is 5.75 Å². The Bertz CT molecular complexity index is 427. The molecule has 1 amide bonds. The van der Waals surface area contributed by atoms with Gasteiger partial charge in [-0.05, 0) is 24.6 Å². The summed E-state index contributed by atoms with van der Waals surface area (Å²) in [5.74, 6) is -0.557. The Morgan fingerprint density at radius 1 is 1.33 bits per heavy atom. The van der Waals surface area contributed by atoms with Crippen LogP contribution in [0.15, 0.2) is 24.3 Å². The maximum atomic E-state index is 11.5. The van der Waals surface area contributed by atoms with E-state index >= 15 is 0 Å². The number of hydrogen-bond acceptors (Lipinski definition) is 3. The number of rotatable bonds is 5. The first kappa shape index (κ1) is 14.0. The van der Waals surface area contributed by atoms with Crippen LogP contribution in [0.4, 0.5) is 0 Å². The number of carboxylic acids is 1. The molecule has 1 aromatic carbocycles. The zero-order chi connectivity index (χ0) is 13.7. The fourth-order valence-electron chi connectivity index (χ4n) is 1.58. The first-order chi connectivity index (χ1) is 8.45. The summed E-state index contributed by atoms with van der Waals surface area (Å²) < 4.78 is 5.03. The van der Waals surface area contributed by atoms with Gasteiger partial charge in [-0.3, -0.25) is 4.79 Å². The highest BCUT2D eigenvalue weighted by atomic mass is 16.5. The number of methoxy groups -OCH3 is 1. The maximum Gasteiger partial charge on any atom is 0.326 e. The van der Waals surface area contributed by atoms with Crippen LogP contribution >= 0.6 is 0 Å². The molecule has 0 aliphatic rings. The zero-order valence-corrected chi connectivity index (χ0v) is 10.7. The summed E-state index contributed by atoms with van der Waals surface area (Å²) in [6.07, 6.45) is 0. The molecule has 0 fully saturated rings. The number of benzene rings is 1. The molecule has 0 aliphatic heterocycles. The van der Waals surface area contributed by atoms with Gasteiger partial charge in [0.2, 0.25) is 5.91 Å². The smallest absolute Gasteiger partial charge is 0.326 e. The van der Waals surface area contributed by atoms with Gasteiger partial charge in [0.25, 0.3) is 0 Å². The molecule has 5 nitrogen and oxygen atoms in total. The van der Waals surface area contributed by atoms with E-state index < -0.39 is 12.0 Å². The van der Waals surface area contributed by atoms with Crippen LogP contribution in [0.1, 0.15) is 19.4 Å². The number of hydrogen-bond donors (Lipinski definition) is 1. The lowest BCUT2D eigenvalue weighted by Gasteiger charge is -2.25. The molecule has 0 saturated heterocycles. The van der Waals surface area contributed by atoms with Crippen LogP contribution in [0.25, 0.3) is 0 Å². The lowest BCUT2D eigenvalue weighted by molar-refractivity contribution is -0.149. The number of carbonyl (C=O) groups is 2. The van der Waals surface area contributed by atoms with Crippen molar-refractivity contribution in [3.63, 3.8) is 0 Å². The highest BCUT2D eigenvalue weighted by Crippen LogP contribution is 2.14. The molecular weight excluding hydrogens is 234 g/mol. The van der Waals surface area contributed by atoms with E-state index in [1.54, 1.807) is 19.2 Å². The standard InChI is InChI=1S/C13H17NO4/c1-9(13(16)17)14(10(2)15)8-11-4-6-12(18-3)7-5-11/h4-7,9H,8H2,1-3H3,(H,16,17). The number of carboxylic acid groups (broad SMARTS) is 1. The maximum absolute atomic E-state index is 11.5. The summed E-state index contributed by atoms with van der Waals surface area (Å²) >= 11 is 0. The fraction of sp³-hybridized carbons (Fsp3) is 0.385. The Morgan fingerprint density at radius 2 is 1.89 bits per heavy atom. The van der Waals surface area contributed by atoms with Crippen molar-refractivity contribution < 1.29 is 19.4 Å². The zero-order valence-electron chi connectivity index (χ0n) is 10.7. The van der Waals surface area contributed by atoms with Crippen molar-refractivity contribution in [2.75, 3.05) is 7.11 Å². The first-order valence-corrected chi connectivity index (χ1v) is 5.58. The molecule has 1 unspecified atom stereocenters. The molecule has 1 aromatic rings. The average Bonchev–Trinajstić information content (AvgIpc) is 2.35. The van der Waals surface area contributed by atoms with Gasteiger partial charge in [0.15, 0.2) is 0 Å². The molecule has 0 bridgehead atoms. The van der Waals surface area contributed by atoms with Crippen molar-refractivity contribution in [3.05, 3.63) is 29.8 Å². The van der Waals surface area contributed by atoms with Crippen LogP contribution < -0.4 is 4.74 Å². The molecule has 0 aromatic heterocycles. The van der Waals surface area contributed by atoms with E-state index in [1.807, 2.05) is 12.1 Å². The molecule has 98 valence electrons. The largest absolute Gasteiger partial charge is 0.497 e. The van der Waals surface area contributed by atoms with Gasteiger partial charge in [-0.1, -0.05) is 12.1 Å². The molecule has 0 heterocycles.